The maximum atomic E-state index is 12.9. The Morgan fingerprint density at radius 1 is 1.44 bits per heavy atom. The third kappa shape index (κ3) is 2.19. The zero-order valence-electron chi connectivity index (χ0n) is 10.7. The highest BCUT2D eigenvalue weighted by Crippen LogP contribution is 2.39. The number of benzene rings is 1. The molecule has 1 aromatic carbocycles. The smallest absolute Gasteiger partial charge is 0.331 e. The van der Waals surface area contributed by atoms with Crippen molar-refractivity contribution in [3.05, 3.63) is 30.1 Å². The average Bonchev–Trinajstić information content (AvgIpc) is 2.74. The monoisotopic (exact) mass is 251 g/mol. The molecule has 2 atom stereocenters. The molecule has 18 heavy (non-hydrogen) atoms. The average molecular weight is 251 g/mol. The number of hydrogen-bond acceptors (Lipinski definition) is 3. The van der Waals surface area contributed by atoms with E-state index in [1.54, 1.807) is 12.1 Å². The van der Waals surface area contributed by atoms with Gasteiger partial charge in [-0.1, -0.05) is 13.3 Å². The number of hydrogen-bond donors (Lipinski definition) is 1. The minimum absolute atomic E-state index is 0.204. The van der Waals surface area contributed by atoms with Gasteiger partial charge in [0.1, 0.15) is 11.4 Å². The molecule has 0 amide bonds. The predicted octanol–water partition coefficient (Wildman–Crippen LogP) is 2.97. The van der Waals surface area contributed by atoms with Gasteiger partial charge in [-0.2, -0.15) is 0 Å². The number of methoxy groups -OCH3 is 1. The summed E-state index contributed by atoms with van der Waals surface area (Å²) in [6.45, 7) is 2.04. The maximum absolute atomic E-state index is 12.9. The highest BCUT2D eigenvalue weighted by atomic mass is 19.1. The summed E-state index contributed by atoms with van der Waals surface area (Å²) >= 11 is 0. The lowest BCUT2D eigenvalue weighted by Gasteiger charge is -2.32. The first-order chi connectivity index (χ1) is 8.58. The highest BCUT2D eigenvalue weighted by Gasteiger charge is 2.47. The van der Waals surface area contributed by atoms with Crippen molar-refractivity contribution in [2.45, 2.75) is 31.7 Å². The van der Waals surface area contributed by atoms with Crippen molar-refractivity contribution in [1.29, 1.82) is 0 Å². The first kappa shape index (κ1) is 12.9. The zero-order chi connectivity index (χ0) is 13.2. The van der Waals surface area contributed by atoms with Gasteiger partial charge in [0, 0.05) is 5.69 Å². The summed E-state index contributed by atoms with van der Waals surface area (Å²) in [7, 11) is 1.40. The van der Waals surface area contributed by atoms with Crippen LogP contribution in [0.25, 0.3) is 0 Å². The zero-order valence-corrected chi connectivity index (χ0v) is 10.7. The number of nitrogens with one attached hydrogen (secondary N) is 1. The second-order valence-electron chi connectivity index (χ2n) is 4.89. The van der Waals surface area contributed by atoms with E-state index in [2.05, 4.69) is 5.32 Å². The van der Waals surface area contributed by atoms with E-state index in [0.29, 0.717) is 0 Å². The molecule has 1 aliphatic rings. The standard InChI is InChI=1S/C14H18FNO2/c1-10-4-3-9-14(10,13(17)18-2)16-12-7-5-11(15)6-8-12/h5-8,10,16H,3-4,9H2,1-2H3. The molecule has 0 aromatic heterocycles. The molecule has 2 rings (SSSR count). The van der Waals surface area contributed by atoms with Gasteiger partial charge in [0.2, 0.25) is 0 Å². The summed E-state index contributed by atoms with van der Waals surface area (Å²) in [6.07, 6.45) is 2.73. The Morgan fingerprint density at radius 3 is 2.61 bits per heavy atom. The molecule has 1 saturated carbocycles. The molecule has 0 saturated heterocycles. The van der Waals surface area contributed by atoms with E-state index < -0.39 is 5.54 Å². The van der Waals surface area contributed by atoms with Crippen molar-refractivity contribution < 1.29 is 13.9 Å². The van der Waals surface area contributed by atoms with Crippen molar-refractivity contribution >= 4 is 11.7 Å². The van der Waals surface area contributed by atoms with Crippen LogP contribution in [0.5, 0.6) is 0 Å². The van der Waals surface area contributed by atoms with Gasteiger partial charge in [-0.25, -0.2) is 9.18 Å². The lowest BCUT2D eigenvalue weighted by Crippen LogP contribution is -2.49. The van der Waals surface area contributed by atoms with Crippen molar-refractivity contribution in [2.75, 3.05) is 12.4 Å². The normalized spacial score (nSPS) is 26.9. The van der Waals surface area contributed by atoms with Crippen LogP contribution in [0.1, 0.15) is 26.2 Å². The Labute approximate surface area is 106 Å². The van der Waals surface area contributed by atoms with Crippen LogP contribution in [0.3, 0.4) is 0 Å². The first-order valence-electron chi connectivity index (χ1n) is 6.20. The molecule has 0 heterocycles. The fourth-order valence-corrected chi connectivity index (χ4v) is 2.69. The molecule has 3 nitrogen and oxygen atoms in total. The van der Waals surface area contributed by atoms with E-state index in [-0.39, 0.29) is 17.7 Å². The first-order valence-corrected chi connectivity index (χ1v) is 6.20. The second kappa shape index (κ2) is 4.96. The second-order valence-corrected chi connectivity index (χ2v) is 4.89. The number of carbonyl (C=O) groups is 1. The summed E-state index contributed by atoms with van der Waals surface area (Å²) in [5.74, 6) is -0.320. The number of carbonyl (C=O) groups excluding carboxylic acids is 1. The molecule has 0 spiro atoms. The number of halogens is 1. The summed E-state index contributed by atoms with van der Waals surface area (Å²) in [4.78, 5) is 12.1. The van der Waals surface area contributed by atoms with Crippen LogP contribution in [0.4, 0.5) is 10.1 Å². The molecule has 0 aliphatic heterocycles. The van der Waals surface area contributed by atoms with E-state index in [9.17, 15) is 9.18 Å². The molecule has 1 N–H and O–H groups in total. The highest BCUT2D eigenvalue weighted by molar-refractivity contribution is 5.85. The molecule has 1 aliphatic carbocycles. The van der Waals surface area contributed by atoms with Crippen LogP contribution >= 0.6 is 0 Å². The molecule has 2 unspecified atom stereocenters. The van der Waals surface area contributed by atoms with Gasteiger partial charge in [0.15, 0.2) is 0 Å². The van der Waals surface area contributed by atoms with Crippen LogP contribution in [-0.2, 0) is 9.53 Å². The molecule has 0 radical (unpaired) electrons. The van der Waals surface area contributed by atoms with Crippen molar-refractivity contribution in [1.82, 2.24) is 0 Å². The molecular formula is C14H18FNO2. The summed E-state index contributed by atoms with van der Waals surface area (Å²) in [5, 5.41) is 3.24. The minimum Gasteiger partial charge on any atom is -0.467 e. The lowest BCUT2D eigenvalue weighted by molar-refractivity contribution is -0.147. The summed E-state index contributed by atoms with van der Waals surface area (Å²) < 4.78 is 17.8. The van der Waals surface area contributed by atoms with Crippen LogP contribution < -0.4 is 5.32 Å². The Kier molecular flexibility index (Phi) is 3.55. The molecule has 1 fully saturated rings. The third-order valence-corrected chi connectivity index (χ3v) is 3.81. The van der Waals surface area contributed by atoms with E-state index in [1.807, 2.05) is 6.92 Å². The van der Waals surface area contributed by atoms with Crippen molar-refractivity contribution in [3.63, 3.8) is 0 Å². The Hall–Kier alpha value is -1.58. The summed E-state index contributed by atoms with van der Waals surface area (Å²) in [6, 6.07) is 6.05. The van der Waals surface area contributed by atoms with Gasteiger partial charge in [-0.15, -0.1) is 0 Å². The van der Waals surface area contributed by atoms with E-state index in [4.69, 9.17) is 4.74 Å². The fourth-order valence-electron chi connectivity index (χ4n) is 2.69. The number of esters is 1. The molecule has 0 bridgehead atoms. The van der Waals surface area contributed by atoms with Gasteiger partial charge < -0.3 is 10.1 Å². The van der Waals surface area contributed by atoms with Crippen LogP contribution in [0.2, 0.25) is 0 Å². The van der Waals surface area contributed by atoms with Gasteiger partial charge >= 0.3 is 5.97 Å². The fraction of sp³-hybridized carbons (Fsp3) is 0.500. The number of ether oxygens (including phenoxy) is 1. The molecular weight excluding hydrogens is 233 g/mol. The van der Waals surface area contributed by atoms with Gasteiger partial charge in [-0.05, 0) is 43.0 Å². The van der Waals surface area contributed by atoms with E-state index >= 15 is 0 Å². The Morgan fingerprint density at radius 2 is 2.11 bits per heavy atom. The maximum Gasteiger partial charge on any atom is 0.331 e. The largest absolute Gasteiger partial charge is 0.467 e. The SMILES string of the molecule is COC(=O)C1(Nc2ccc(F)cc2)CCCC1C. The van der Waals surface area contributed by atoms with Crippen LogP contribution in [0.15, 0.2) is 24.3 Å². The Balaban J connectivity index is 2.26. The Bertz CT molecular complexity index is 432. The van der Waals surface area contributed by atoms with E-state index in [0.717, 1.165) is 24.9 Å². The third-order valence-electron chi connectivity index (χ3n) is 3.81. The lowest BCUT2D eigenvalue weighted by atomic mass is 9.88. The molecule has 4 heteroatoms. The van der Waals surface area contributed by atoms with E-state index in [1.165, 1.54) is 19.2 Å². The van der Waals surface area contributed by atoms with Gasteiger partial charge in [0.25, 0.3) is 0 Å². The van der Waals surface area contributed by atoms with Crippen molar-refractivity contribution in [2.24, 2.45) is 5.92 Å². The van der Waals surface area contributed by atoms with Gasteiger partial charge in [-0.3, -0.25) is 0 Å². The summed E-state index contributed by atoms with van der Waals surface area (Å²) in [5.41, 5.74) is 0.0719. The number of rotatable bonds is 3. The minimum atomic E-state index is -0.674. The predicted molar refractivity (Wildman–Crippen MR) is 67.8 cm³/mol. The topological polar surface area (TPSA) is 38.3 Å². The molecule has 1 aromatic rings. The molecule has 98 valence electrons. The van der Waals surface area contributed by atoms with Gasteiger partial charge in [0.05, 0.1) is 7.11 Å². The quantitative estimate of drug-likeness (QED) is 0.839. The van der Waals surface area contributed by atoms with Crippen LogP contribution in [0, 0.1) is 11.7 Å². The van der Waals surface area contributed by atoms with Crippen LogP contribution in [-0.4, -0.2) is 18.6 Å². The number of anilines is 1. The van der Waals surface area contributed by atoms with Crippen molar-refractivity contribution in [3.8, 4) is 0 Å².